The smallest absolute Gasteiger partial charge is 0.312 e. The first-order valence-electron chi connectivity index (χ1n) is 7.96. The van der Waals surface area contributed by atoms with Gasteiger partial charge in [-0.15, -0.1) is 0 Å². The van der Waals surface area contributed by atoms with E-state index >= 15 is 0 Å². The molecule has 23 heavy (non-hydrogen) atoms. The van der Waals surface area contributed by atoms with Crippen LogP contribution < -0.4 is 0 Å². The lowest BCUT2D eigenvalue weighted by atomic mass is 9.48. The fourth-order valence-corrected chi connectivity index (χ4v) is 5.66. The molecule has 4 bridgehead atoms. The molecule has 0 radical (unpaired) electrons. The van der Waals surface area contributed by atoms with Crippen molar-refractivity contribution in [3.63, 3.8) is 0 Å². The van der Waals surface area contributed by atoms with E-state index in [9.17, 15) is 22.9 Å². The third kappa shape index (κ3) is 3.58. The summed E-state index contributed by atoms with van der Waals surface area (Å²) in [4.78, 5) is 12.5. The number of hydrogen-bond donors (Lipinski definition) is 2. The van der Waals surface area contributed by atoms with Gasteiger partial charge in [-0.3, -0.25) is 4.79 Å². The Morgan fingerprint density at radius 1 is 1.26 bits per heavy atom. The lowest BCUT2D eigenvalue weighted by Gasteiger charge is -2.58. The third-order valence-electron chi connectivity index (χ3n) is 5.50. The van der Waals surface area contributed by atoms with Crippen molar-refractivity contribution in [3.05, 3.63) is 0 Å². The van der Waals surface area contributed by atoms with Crippen LogP contribution in [-0.4, -0.2) is 43.7 Å². The Kier molecular flexibility index (Phi) is 4.30. The largest absolute Gasteiger partial charge is 0.465 e. The van der Waals surface area contributed by atoms with Gasteiger partial charge in [0.2, 0.25) is 0 Å². The summed E-state index contributed by atoms with van der Waals surface area (Å²) in [6.45, 7) is -0.474. The summed E-state index contributed by atoms with van der Waals surface area (Å²) < 4.78 is 50.8. The normalized spacial score (nSPS) is 40.2. The number of esters is 1. The molecule has 0 amide bonds. The summed E-state index contributed by atoms with van der Waals surface area (Å²) in [7, 11) is 0. The van der Waals surface area contributed by atoms with Crippen molar-refractivity contribution in [2.45, 2.75) is 56.5 Å². The Hall–Kier alpha value is -0.600. The van der Waals surface area contributed by atoms with Gasteiger partial charge in [0.1, 0.15) is 5.75 Å². The van der Waals surface area contributed by atoms with Crippen molar-refractivity contribution in [1.29, 1.82) is 0 Å². The summed E-state index contributed by atoms with van der Waals surface area (Å²) in [5.74, 6) is -4.36. The first kappa shape index (κ1) is 17.2. The van der Waals surface area contributed by atoms with Crippen LogP contribution in [0.15, 0.2) is 0 Å². The second-order valence-corrected chi connectivity index (χ2v) is 8.61. The van der Waals surface area contributed by atoms with Crippen molar-refractivity contribution in [1.82, 2.24) is 0 Å². The summed E-state index contributed by atoms with van der Waals surface area (Å²) in [6, 6.07) is 0. The summed E-state index contributed by atoms with van der Waals surface area (Å²) >= 11 is -2.59. The van der Waals surface area contributed by atoms with E-state index in [0.29, 0.717) is 31.1 Å². The standard InChI is InChI=1S/C15H22F2O5S/c16-15(17,9-23(20)21)1-2-22-12(18)13-4-10-3-11(5-13)7-14(19,6-10)8-13/h10-11,19H,1-9H2,(H,20,21). The molecular formula is C15H22F2O5S. The minimum Gasteiger partial charge on any atom is -0.465 e. The lowest BCUT2D eigenvalue weighted by Crippen LogP contribution is -2.58. The number of carbonyl (C=O) groups excluding carboxylic acids is 1. The van der Waals surface area contributed by atoms with E-state index in [1.165, 1.54) is 0 Å². The number of alkyl halides is 2. The molecule has 4 saturated carbocycles. The highest BCUT2D eigenvalue weighted by Crippen LogP contribution is 2.61. The monoisotopic (exact) mass is 352 g/mol. The number of hydrogen-bond acceptors (Lipinski definition) is 4. The van der Waals surface area contributed by atoms with Crippen molar-refractivity contribution >= 4 is 17.0 Å². The average molecular weight is 352 g/mol. The van der Waals surface area contributed by atoms with Crippen LogP contribution in [0.3, 0.4) is 0 Å². The molecule has 3 atom stereocenters. The van der Waals surface area contributed by atoms with Crippen LogP contribution in [0.5, 0.6) is 0 Å². The predicted octanol–water partition coefficient (Wildman–Crippen LogP) is 2.11. The van der Waals surface area contributed by atoms with Gasteiger partial charge in [-0.2, -0.15) is 0 Å². The van der Waals surface area contributed by atoms with Gasteiger partial charge in [0.05, 0.1) is 17.6 Å². The molecule has 5 nitrogen and oxygen atoms in total. The van der Waals surface area contributed by atoms with Crippen molar-refractivity contribution in [2.75, 3.05) is 12.4 Å². The van der Waals surface area contributed by atoms with E-state index in [1.807, 2.05) is 0 Å². The first-order chi connectivity index (χ1) is 10.6. The van der Waals surface area contributed by atoms with Gasteiger partial charge in [-0.05, 0) is 50.4 Å². The highest BCUT2D eigenvalue weighted by Gasteiger charge is 2.60. The molecule has 0 aromatic rings. The summed E-state index contributed by atoms with van der Waals surface area (Å²) in [6.07, 6.45) is 3.40. The average Bonchev–Trinajstić information content (AvgIpc) is 2.33. The molecule has 0 aromatic carbocycles. The van der Waals surface area contributed by atoms with Gasteiger partial charge in [0.25, 0.3) is 5.92 Å². The second kappa shape index (κ2) is 5.74. The highest BCUT2D eigenvalue weighted by molar-refractivity contribution is 7.79. The molecule has 4 aliphatic rings. The molecule has 2 N–H and O–H groups in total. The quantitative estimate of drug-likeness (QED) is 0.565. The number of halogens is 2. The zero-order valence-corrected chi connectivity index (χ0v) is 13.6. The molecule has 0 heterocycles. The Morgan fingerprint density at radius 3 is 2.39 bits per heavy atom. The minimum atomic E-state index is -3.33. The maximum absolute atomic E-state index is 13.4. The zero-order chi connectivity index (χ0) is 16.9. The van der Waals surface area contributed by atoms with Crippen LogP contribution in [0.2, 0.25) is 0 Å². The molecule has 4 aliphatic carbocycles. The van der Waals surface area contributed by atoms with Crippen LogP contribution in [-0.2, 0) is 20.6 Å². The third-order valence-corrected chi connectivity index (χ3v) is 6.17. The second-order valence-electron chi connectivity index (χ2n) is 7.67. The minimum absolute atomic E-state index is 0.312. The molecule has 4 fully saturated rings. The molecule has 0 spiro atoms. The van der Waals surface area contributed by atoms with Crippen LogP contribution in [0.4, 0.5) is 8.78 Å². The van der Waals surface area contributed by atoms with Gasteiger partial charge in [-0.1, -0.05) is 0 Å². The van der Waals surface area contributed by atoms with E-state index in [-0.39, 0.29) is 0 Å². The van der Waals surface area contributed by atoms with Crippen LogP contribution in [0, 0.1) is 17.3 Å². The van der Waals surface area contributed by atoms with E-state index in [1.54, 1.807) is 0 Å². The van der Waals surface area contributed by atoms with Crippen LogP contribution in [0.1, 0.15) is 44.9 Å². The van der Waals surface area contributed by atoms with Gasteiger partial charge < -0.3 is 14.4 Å². The molecule has 4 rings (SSSR count). The van der Waals surface area contributed by atoms with Crippen LogP contribution in [0.25, 0.3) is 0 Å². The van der Waals surface area contributed by atoms with E-state index in [2.05, 4.69) is 0 Å². The summed E-state index contributed by atoms with van der Waals surface area (Å²) in [5.41, 5.74) is -1.53. The maximum atomic E-state index is 13.4. The number of carbonyl (C=O) groups is 1. The van der Waals surface area contributed by atoms with E-state index < -0.39 is 52.8 Å². The Balaban J connectivity index is 1.58. The van der Waals surface area contributed by atoms with Crippen molar-refractivity contribution < 1.29 is 32.2 Å². The van der Waals surface area contributed by atoms with Gasteiger partial charge in [-0.25, -0.2) is 13.0 Å². The van der Waals surface area contributed by atoms with Crippen LogP contribution >= 0.6 is 0 Å². The Morgan fingerprint density at radius 2 is 1.87 bits per heavy atom. The highest BCUT2D eigenvalue weighted by atomic mass is 32.2. The molecular weight excluding hydrogens is 330 g/mol. The Labute approximate surface area is 136 Å². The predicted molar refractivity (Wildman–Crippen MR) is 78.2 cm³/mol. The SMILES string of the molecule is O=C(OCCC(F)(F)CS(=O)O)C12CC3CC(CC(O)(C3)C1)C2. The molecule has 0 aromatic heterocycles. The maximum Gasteiger partial charge on any atom is 0.312 e. The Bertz CT molecular complexity index is 510. The van der Waals surface area contributed by atoms with Crippen molar-refractivity contribution in [3.8, 4) is 0 Å². The fraction of sp³-hybridized carbons (Fsp3) is 0.933. The topological polar surface area (TPSA) is 83.8 Å². The molecule has 8 heteroatoms. The van der Waals surface area contributed by atoms with Gasteiger partial charge in [0.15, 0.2) is 11.1 Å². The molecule has 0 aliphatic heterocycles. The lowest BCUT2D eigenvalue weighted by molar-refractivity contribution is -0.197. The molecule has 3 unspecified atom stereocenters. The zero-order valence-electron chi connectivity index (χ0n) is 12.8. The van der Waals surface area contributed by atoms with E-state index in [4.69, 9.17) is 9.29 Å². The number of ether oxygens (including phenoxy) is 1. The first-order valence-corrected chi connectivity index (χ1v) is 9.24. The van der Waals surface area contributed by atoms with Gasteiger partial charge in [0, 0.05) is 6.42 Å². The molecule has 0 saturated heterocycles. The fourth-order valence-electron chi connectivity index (χ4n) is 5.15. The summed E-state index contributed by atoms with van der Waals surface area (Å²) in [5, 5.41) is 10.6. The molecule has 132 valence electrons. The number of rotatable bonds is 6. The number of aliphatic hydroxyl groups is 1. The van der Waals surface area contributed by atoms with Gasteiger partial charge >= 0.3 is 5.97 Å². The van der Waals surface area contributed by atoms with Crippen molar-refractivity contribution in [2.24, 2.45) is 17.3 Å². The van der Waals surface area contributed by atoms with E-state index in [0.717, 1.165) is 19.3 Å².